The van der Waals surface area contributed by atoms with Crippen molar-refractivity contribution < 1.29 is 28.7 Å². The summed E-state index contributed by atoms with van der Waals surface area (Å²) in [7, 11) is 0. The standard InChI is InChI=1S/C24H30N2O6S/c1-11(2)32-23(29)20-16-8-7-12(3)9-17(16)33-22(20)26-18(28)10-31-24(30)21-13(4)19(15(6)27)14(5)25-21/h11-12,25H,7-10H2,1-6H3,(H,26,28). The third-order valence-electron chi connectivity index (χ3n) is 5.64. The van der Waals surface area contributed by atoms with Crippen LogP contribution in [0, 0.1) is 19.8 Å². The van der Waals surface area contributed by atoms with E-state index in [1.165, 1.54) is 18.3 Å². The Morgan fingerprint density at radius 2 is 1.85 bits per heavy atom. The van der Waals surface area contributed by atoms with E-state index in [2.05, 4.69) is 17.2 Å². The van der Waals surface area contributed by atoms with E-state index in [4.69, 9.17) is 9.47 Å². The first-order chi connectivity index (χ1) is 15.5. The Kier molecular flexibility index (Phi) is 7.41. The van der Waals surface area contributed by atoms with Gasteiger partial charge in [0, 0.05) is 16.1 Å². The van der Waals surface area contributed by atoms with Gasteiger partial charge in [-0.1, -0.05) is 6.92 Å². The molecular formula is C24H30N2O6S. The molecule has 0 spiro atoms. The summed E-state index contributed by atoms with van der Waals surface area (Å²) >= 11 is 1.37. The average molecular weight is 475 g/mol. The first kappa shape index (κ1) is 24.7. The van der Waals surface area contributed by atoms with Crippen LogP contribution in [-0.4, -0.2) is 41.3 Å². The van der Waals surface area contributed by atoms with Crippen LogP contribution < -0.4 is 5.32 Å². The number of carbonyl (C=O) groups is 4. The number of H-pyrrole nitrogens is 1. The normalized spacial score (nSPS) is 15.2. The van der Waals surface area contributed by atoms with Crippen molar-refractivity contribution in [2.24, 2.45) is 5.92 Å². The van der Waals surface area contributed by atoms with Crippen LogP contribution in [0.4, 0.5) is 5.00 Å². The molecule has 2 aromatic heterocycles. The lowest BCUT2D eigenvalue weighted by Gasteiger charge is -2.18. The Hall–Kier alpha value is -2.94. The third kappa shape index (κ3) is 5.35. The number of hydrogen-bond donors (Lipinski definition) is 2. The maximum absolute atomic E-state index is 12.8. The highest BCUT2D eigenvalue weighted by Gasteiger charge is 2.30. The molecule has 0 aliphatic heterocycles. The molecule has 2 aromatic rings. The summed E-state index contributed by atoms with van der Waals surface area (Å²) < 4.78 is 10.6. The Morgan fingerprint density at radius 3 is 2.45 bits per heavy atom. The van der Waals surface area contributed by atoms with Crippen LogP contribution in [0.25, 0.3) is 0 Å². The fourth-order valence-corrected chi connectivity index (χ4v) is 5.59. The lowest BCUT2D eigenvalue weighted by atomic mass is 9.88. The number of fused-ring (bicyclic) bond motifs is 1. The molecule has 0 saturated heterocycles. The molecule has 1 amide bonds. The van der Waals surface area contributed by atoms with Gasteiger partial charge < -0.3 is 19.8 Å². The molecular weight excluding hydrogens is 444 g/mol. The van der Waals surface area contributed by atoms with E-state index < -0.39 is 24.5 Å². The number of aromatic amines is 1. The first-order valence-corrected chi connectivity index (χ1v) is 11.8. The van der Waals surface area contributed by atoms with Gasteiger partial charge >= 0.3 is 11.9 Å². The van der Waals surface area contributed by atoms with Crippen molar-refractivity contribution >= 4 is 40.0 Å². The highest BCUT2D eigenvalue weighted by molar-refractivity contribution is 7.17. The smallest absolute Gasteiger partial charge is 0.355 e. The van der Waals surface area contributed by atoms with Crippen molar-refractivity contribution in [3.63, 3.8) is 0 Å². The number of Topliss-reactive ketones (excluding diaryl/α,β-unsaturated/α-hetero) is 1. The van der Waals surface area contributed by atoms with Crippen molar-refractivity contribution in [1.29, 1.82) is 0 Å². The van der Waals surface area contributed by atoms with Gasteiger partial charge in [-0.2, -0.15) is 0 Å². The number of aromatic nitrogens is 1. The van der Waals surface area contributed by atoms with Gasteiger partial charge in [0.2, 0.25) is 0 Å². The number of carbonyl (C=O) groups excluding carboxylic acids is 4. The molecule has 0 saturated carbocycles. The van der Waals surface area contributed by atoms with Crippen LogP contribution in [0.2, 0.25) is 0 Å². The largest absolute Gasteiger partial charge is 0.459 e. The maximum atomic E-state index is 12.8. The van der Waals surface area contributed by atoms with E-state index in [0.29, 0.717) is 33.3 Å². The van der Waals surface area contributed by atoms with Crippen molar-refractivity contribution in [2.45, 2.75) is 66.9 Å². The van der Waals surface area contributed by atoms with Gasteiger partial charge in [0.1, 0.15) is 10.7 Å². The summed E-state index contributed by atoms with van der Waals surface area (Å²) in [6.07, 6.45) is 2.28. The van der Waals surface area contributed by atoms with Gasteiger partial charge in [0.05, 0.1) is 11.7 Å². The number of aryl methyl sites for hydroxylation is 1. The van der Waals surface area contributed by atoms with E-state index in [9.17, 15) is 19.2 Å². The number of ether oxygens (including phenoxy) is 2. The van der Waals surface area contributed by atoms with E-state index in [-0.39, 0.29) is 17.6 Å². The zero-order chi connectivity index (χ0) is 24.4. The predicted octanol–water partition coefficient (Wildman–Crippen LogP) is 4.38. The molecule has 3 rings (SSSR count). The van der Waals surface area contributed by atoms with Crippen molar-refractivity contribution in [3.05, 3.63) is 38.5 Å². The Labute approximate surface area is 197 Å². The molecule has 2 N–H and O–H groups in total. The summed E-state index contributed by atoms with van der Waals surface area (Å²) in [6, 6.07) is 0. The van der Waals surface area contributed by atoms with E-state index in [0.717, 1.165) is 29.7 Å². The number of hydrogen-bond acceptors (Lipinski definition) is 7. The van der Waals surface area contributed by atoms with Gasteiger partial charge in [0.25, 0.3) is 5.91 Å². The minimum absolute atomic E-state index is 0.146. The number of amides is 1. The Balaban J connectivity index is 1.74. The second kappa shape index (κ2) is 9.91. The molecule has 1 unspecified atom stereocenters. The lowest BCUT2D eigenvalue weighted by molar-refractivity contribution is -0.119. The molecule has 1 aliphatic rings. The minimum atomic E-state index is -0.725. The molecule has 0 radical (unpaired) electrons. The van der Waals surface area contributed by atoms with Crippen LogP contribution in [0.15, 0.2) is 0 Å². The van der Waals surface area contributed by atoms with Crippen molar-refractivity contribution in [1.82, 2.24) is 4.98 Å². The van der Waals surface area contributed by atoms with Crippen LogP contribution in [0.3, 0.4) is 0 Å². The summed E-state index contributed by atoms with van der Waals surface area (Å²) in [6.45, 7) is 9.97. The average Bonchev–Trinajstić information content (AvgIpc) is 3.21. The van der Waals surface area contributed by atoms with Crippen LogP contribution >= 0.6 is 11.3 Å². The zero-order valence-electron chi connectivity index (χ0n) is 19.8. The molecule has 0 aromatic carbocycles. The molecule has 0 fully saturated rings. The molecule has 9 heteroatoms. The summed E-state index contributed by atoms with van der Waals surface area (Å²) in [5.41, 5.74) is 2.99. The Morgan fingerprint density at radius 1 is 1.15 bits per heavy atom. The SMILES string of the molecule is CC(=O)c1c(C)[nH]c(C(=O)OCC(=O)Nc2sc3c(c2C(=O)OC(C)C)CCC(C)C3)c1C. The molecule has 0 bridgehead atoms. The van der Waals surface area contributed by atoms with Crippen molar-refractivity contribution in [3.8, 4) is 0 Å². The second-order valence-corrected chi connectivity index (χ2v) is 9.92. The van der Waals surface area contributed by atoms with Gasteiger partial charge in [0.15, 0.2) is 12.4 Å². The van der Waals surface area contributed by atoms with E-state index in [1.54, 1.807) is 27.7 Å². The number of ketones is 1. The third-order valence-corrected chi connectivity index (χ3v) is 6.81. The van der Waals surface area contributed by atoms with Crippen LogP contribution in [0.1, 0.15) is 87.0 Å². The number of esters is 2. The summed E-state index contributed by atoms with van der Waals surface area (Å²) in [4.78, 5) is 53.6. The zero-order valence-corrected chi connectivity index (χ0v) is 20.7. The molecule has 1 atom stereocenters. The predicted molar refractivity (Wildman–Crippen MR) is 125 cm³/mol. The quantitative estimate of drug-likeness (QED) is 0.455. The lowest BCUT2D eigenvalue weighted by Crippen LogP contribution is -2.23. The summed E-state index contributed by atoms with van der Waals surface area (Å²) in [5.74, 6) is -1.39. The van der Waals surface area contributed by atoms with Crippen LogP contribution in [0.5, 0.6) is 0 Å². The number of nitrogens with one attached hydrogen (secondary N) is 2. The van der Waals surface area contributed by atoms with E-state index in [1.807, 2.05) is 0 Å². The second-order valence-electron chi connectivity index (χ2n) is 8.82. The first-order valence-electron chi connectivity index (χ1n) is 11.0. The van der Waals surface area contributed by atoms with Crippen molar-refractivity contribution in [2.75, 3.05) is 11.9 Å². The molecule has 8 nitrogen and oxygen atoms in total. The monoisotopic (exact) mass is 474 g/mol. The maximum Gasteiger partial charge on any atom is 0.355 e. The molecule has 1 aliphatic carbocycles. The minimum Gasteiger partial charge on any atom is -0.459 e. The number of thiophene rings is 1. The molecule has 2 heterocycles. The van der Waals surface area contributed by atoms with Gasteiger partial charge in [-0.25, -0.2) is 9.59 Å². The van der Waals surface area contributed by atoms with Gasteiger partial charge in [-0.15, -0.1) is 11.3 Å². The fraction of sp³-hybridized carbons (Fsp3) is 0.500. The number of rotatable bonds is 7. The highest BCUT2D eigenvalue weighted by atomic mass is 32.1. The molecule has 178 valence electrons. The van der Waals surface area contributed by atoms with Gasteiger partial charge in [-0.05, 0) is 70.9 Å². The fourth-order valence-electron chi connectivity index (χ4n) is 4.18. The van der Waals surface area contributed by atoms with E-state index >= 15 is 0 Å². The number of anilines is 1. The van der Waals surface area contributed by atoms with Crippen LogP contribution in [-0.2, 0) is 27.1 Å². The highest BCUT2D eigenvalue weighted by Crippen LogP contribution is 2.40. The Bertz CT molecular complexity index is 1110. The molecule has 33 heavy (non-hydrogen) atoms. The topological polar surface area (TPSA) is 115 Å². The van der Waals surface area contributed by atoms with Gasteiger partial charge in [-0.3, -0.25) is 9.59 Å². The summed E-state index contributed by atoms with van der Waals surface area (Å²) in [5, 5.41) is 3.15.